The first kappa shape index (κ1) is 27.8. The molecule has 1 unspecified atom stereocenters. The van der Waals surface area contributed by atoms with Gasteiger partial charge in [-0.25, -0.2) is 0 Å². The third kappa shape index (κ3) is 7.20. The molecule has 0 saturated heterocycles. The van der Waals surface area contributed by atoms with E-state index in [2.05, 4.69) is 15.8 Å². The van der Waals surface area contributed by atoms with Gasteiger partial charge in [-0.1, -0.05) is 18.2 Å². The summed E-state index contributed by atoms with van der Waals surface area (Å²) < 4.78 is 31.7. The Morgan fingerprint density at radius 1 is 1.23 bits per heavy atom. The third-order valence-electron chi connectivity index (χ3n) is 3.53. The molecule has 0 bridgehead atoms. The van der Waals surface area contributed by atoms with E-state index in [1.807, 2.05) is 0 Å². The van der Waals surface area contributed by atoms with Gasteiger partial charge in [-0.3, -0.25) is 34.5 Å². The van der Waals surface area contributed by atoms with Crippen molar-refractivity contribution in [2.24, 2.45) is 5.10 Å². The van der Waals surface area contributed by atoms with Gasteiger partial charge in [0.25, 0.3) is 21.7 Å². The quantitative estimate of drug-likeness (QED) is 0.144. The van der Waals surface area contributed by atoms with Gasteiger partial charge in [-0.2, -0.15) is 13.5 Å². The summed E-state index contributed by atoms with van der Waals surface area (Å²) in [7, 11) is -5.07. The fourth-order valence-corrected chi connectivity index (χ4v) is 2.77. The fraction of sp³-hybridized carbons (Fsp3) is 0.125. The van der Waals surface area contributed by atoms with Crippen molar-refractivity contribution >= 4 is 39.0 Å². The number of allylic oxidation sites excluding steroid dienone is 3. The van der Waals surface area contributed by atoms with Crippen LogP contribution in [0.1, 0.15) is 8.35 Å². The van der Waals surface area contributed by atoms with E-state index >= 15 is 0 Å². The van der Waals surface area contributed by atoms with Crippen LogP contribution >= 0.6 is 0 Å². The first-order chi connectivity index (χ1) is 13.5. The summed E-state index contributed by atoms with van der Waals surface area (Å²) in [6, 6.07) is 6.51. The summed E-state index contributed by atoms with van der Waals surface area (Å²) in [6.07, 6.45) is 1.01. The van der Waals surface area contributed by atoms with Crippen LogP contribution in [0.5, 0.6) is 0 Å². The number of Topliss-reactive ketones (excluding diaryl/α,β-unsaturated/α-hetero) is 2. The molecule has 1 aliphatic rings. The maximum absolute atomic E-state index is 12.3. The molecule has 1 atom stereocenters. The number of hydrazone groups is 1. The standard InChI is InChI=1S/C16H14N4O8S.Cr.H2O/c1-9(21)14(16(23)17-10-5-3-2-4-6-10)19-18-12-7-11(20(24)25)8-13(15(12)22)29(26,27)28;;/h2-8,14,19H,1H3,(H,17,23)(H,26,27,28);;1H2/p+1/b18-12-;;. The van der Waals surface area contributed by atoms with Crippen molar-refractivity contribution in [2.45, 2.75) is 13.0 Å². The van der Waals surface area contributed by atoms with E-state index in [1.54, 1.807) is 30.3 Å². The fourth-order valence-electron chi connectivity index (χ4n) is 2.16. The van der Waals surface area contributed by atoms with Crippen LogP contribution in [0.25, 0.3) is 0 Å². The van der Waals surface area contributed by atoms with Crippen molar-refractivity contribution in [1.82, 2.24) is 5.43 Å². The maximum Gasteiger partial charge on any atom is 1.00 e. The Hall–Kier alpha value is -3.22. The van der Waals surface area contributed by atoms with Crippen LogP contribution in [0.15, 0.2) is 58.2 Å². The molecule has 0 aliphatic heterocycles. The molecular formula is C16H17CrN4O9S+. The number of ketones is 2. The largest absolute Gasteiger partial charge is 1.00 e. The third-order valence-corrected chi connectivity index (χ3v) is 4.39. The molecule has 0 radical (unpaired) electrons. The van der Waals surface area contributed by atoms with Crippen molar-refractivity contribution in [1.29, 1.82) is 0 Å². The number of benzene rings is 1. The second-order valence-electron chi connectivity index (χ2n) is 5.66. The number of para-hydroxylation sites is 1. The van der Waals surface area contributed by atoms with E-state index in [0.717, 1.165) is 6.92 Å². The smallest absolute Gasteiger partial charge is 0.412 e. The minimum absolute atomic E-state index is 0. The number of carbonyl (C=O) groups is 3. The zero-order chi connectivity index (χ0) is 21.8. The van der Waals surface area contributed by atoms with Gasteiger partial charge in [0.1, 0.15) is 5.71 Å². The van der Waals surface area contributed by atoms with Crippen LogP contribution in [0.3, 0.4) is 0 Å². The second kappa shape index (κ2) is 11.2. The van der Waals surface area contributed by atoms with E-state index in [-0.39, 0.29) is 24.3 Å². The Kier molecular flexibility index (Phi) is 10.1. The molecule has 31 heavy (non-hydrogen) atoms. The van der Waals surface area contributed by atoms with Gasteiger partial charge in [0.15, 0.2) is 16.7 Å². The van der Waals surface area contributed by atoms with E-state index < -0.39 is 54.9 Å². The van der Waals surface area contributed by atoms with Gasteiger partial charge in [-0.15, -0.1) is 0 Å². The van der Waals surface area contributed by atoms with Gasteiger partial charge < -0.3 is 10.8 Å². The summed E-state index contributed by atoms with van der Waals surface area (Å²) in [5, 5.41) is 16.9. The Bertz CT molecular complexity index is 1090. The first-order valence-electron chi connectivity index (χ1n) is 7.80. The average molecular weight is 493 g/mol. The molecule has 0 heterocycles. The molecule has 1 aromatic carbocycles. The predicted octanol–water partition coefficient (Wildman–Crippen LogP) is -0.671. The summed E-state index contributed by atoms with van der Waals surface area (Å²) in [4.78, 5) is 44.9. The van der Waals surface area contributed by atoms with Crippen LogP contribution in [-0.4, -0.2) is 52.6 Å². The predicted molar refractivity (Wildman–Crippen MR) is 105 cm³/mol. The Morgan fingerprint density at radius 2 is 1.81 bits per heavy atom. The molecule has 13 nitrogen and oxygen atoms in total. The van der Waals surface area contributed by atoms with Crippen molar-refractivity contribution in [3.05, 3.63) is 63.2 Å². The van der Waals surface area contributed by atoms with E-state index in [4.69, 9.17) is 4.55 Å². The molecule has 1 aromatic rings. The number of amides is 1. The topological polar surface area (TPSA) is 217 Å². The first-order valence-corrected chi connectivity index (χ1v) is 9.24. The molecule has 2 rings (SSSR count). The molecule has 0 aromatic heterocycles. The van der Waals surface area contributed by atoms with Gasteiger partial charge in [-0.05, 0) is 19.1 Å². The number of nitrogens with one attached hydrogen (secondary N) is 2. The minimum Gasteiger partial charge on any atom is -0.412 e. The van der Waals surface area contributed by atoms with Gasteiger partial charge in [0, 0.05) is 35.2 Å². The number of carbonyl (C=O) groups excluding carboxylic acids is 3. The van der Waals surface area contributed by atoms with Gasteiger partial charge in [0.05, 0.1) is 4.92 Å². The molecule has 166 valence electrons. The average Bonchev–Trinajstić information content (AvgIpc) is 2.62. The maximum atomic E-state index is 12.3. The summed E-state index contributed by atoms with van der Waals surface area (Å²) in [5.41, 5.74) is 0.851. The van der Waals surface area contributed by atoms with E-state index in [1.165, 1.54) is 0 Å². The zero-order valence-corrected chi connectivity index (χ0v) is 17.7. The summed E-state index contributed by atoms with van der Waals surface area (Å²) in [5.74, 6) is -2.88. The van der Waals surface area contributed by atoms with Crippen molar-refractivity contribution in [2.75, 3.05) is 5.32 Å². The van der Waals surface area contributed by atoms with E-state index in [9.17, 15) is 32.9 Å². The Morgan fingerprint density at radius 3 is 2.29 bits per heavy atom. The molecule has 1 aliphatic carbocycles. The van der Waals surface area contributed by atoms with Gasteiger partial charge >= 0.3 is 1.43 Å². The molecule has 0 saturated carbocycles. The molecule has 0 fully saturated rings. The van der Waals surface area contributed by atoms with Crippen LogP contribution in [0, 0.1) is 10.1 Å². The number of rotatable bonds is 7. The van der Waals surface area contributed by atoms with Gasteiger partial charge in [0.2, 0.25) is 5.78 Å². The number of hydrogen-bond donors (Lipinski definition) is 3. The number of anilines is 1. The minimum atomic E-state index is -5.07. The van der Waals surface area contributed by atoms with Crippen LogP contribution in [0.2, 0.25) is 0 Å². The van der Waals surface area contributed by atoms with Crippen molar-refractivity contribution in [3.63, 3.8) is 0 Å². The molecule has 15 heteroatoms. The number of hydrogen-bond acceptors (Lipinski definition) is 9. The normalized spacial score (nSPS) is 15.4. The summed E-state index contributed by atoms with van der Waals surface area (Å²) in [6.45, 7) is 1.06. The SMILES string of the molecule is CC(=O)C(N/N=C1/C=C([N+](=O)[O-])C=C(S(=O)(=O)O)C1=O)C(=O)Nc1ccccc1.O.[Cr].[H+]. The Balaban J connectivity index is 0. The number of nitro groups is 1. The second-order valence-corrected chi connectivity index (χ2v) is 7.05. The molecular weight excluding hydrogens is 476 g/mol. The van der Waals surface area contributed by atoms with Crippen LogP contribution < -0.4 is 10.7 Å². The molecule has 0 spiro atoms. The summed E-state index contributed by atoms with van der Waals surface area (Å²) >= 11 is 0. The van der Waals surface area contributed by atoms with Crippen LogP contribution in [-0.2, 0) is 41.9 Å². The van der Waals surface area contributed by atoms with E-state index in [0.29, 0.717) is 17.8 Å². The molecule has 5 N–H and O–H groups in total. The Labute approximate surface area is 187 Å². The monoisotopic (exact) mass is 493 g/mol. The zero-order valence-electron chi connectivity index (χ0n) is 16.6. The van der Waals surface area contributed by atoms with Crippen LogP contribution in [0.4, 0.5) is 5.69 Å². The van der Waals surface area contributed by atoms with Crippen molar-refractivity contribution < 1.29 is 56.5 Å². The molecule has 1 amide bonds. The van der Waals surface area contributed by atoms with Crippen molar-refractivity contribution in [3.8, 4) is 0 Å². The number of nitrogens with zero attached hydrogens (tertiary/aromatic N) is 2.